The van der Waals surface area contributed by atoms with Crippen LogP contribution < -0.4 is 0 Å². The lowest BCUT2D eigenvalue weighted by molar-refractivity contribution is -0.193. The van der Waals surface area contributed by atoms with Gasteiger partial charge in [0.05, 0.1) is 12.7 Å². The first-order valence-electron chi connectivity index (χ1n) is 10.8. The number of hydrogen-bond donors (Lipinski definition) is 2. The highest BCUT2D eigenvalue weighted by molar-refractivity contribution is 7.09. The van der Waals surface area contributed by atoms with E-state index in [1.165, 1.54) is 4.88 Å². The lowest BCUT2D eigenvalue weighted by atomic mass is 10.1. The number of aliphatic carboxylic acids is 2. The smallest absolute Gasteiger partial charge is 0.475 e. The summed E-state index contributed by atoms with van der Waals surface area (Å²) in [5, 5.41) is 16.4. The molecule has 2 aliphatic rings. The minimum Gasteiger partial charge on any atom is -0.475 e. The number of fused-ring (bicyclic) bond motifs is 1. The number of thiophene rings is 1. The molecule has 0 aromatic carbocycles. The molecule has 16 heteroatoms. The number of pyridine rings is 1. The van der Waals surface area contributed by atoms with Gasteiger partial charge in [-0.05, 0) is 23.6 Å². The Morgan fingerprint density at radius 2 is 1.55 bits per heavy atom. The molecule has 1 amide bonds. The number of ether oxygens (including phenoxy) is 1. The van der Waals surface area contributed by atoms with Crippen molar-refractivity contribution in [3.63, 3.8) is 0 Å². The van der Waals surface area contributed by atoms with Crippen LogP contribution in [0.5, 0.6) is 0 Å². The topological polar surface area (TPSA) is 120 Å². The molecule has 4 heterocycles. The van der Waals surface area contributed by atoms with Crippen molar-refractivity contribution in [3.8, 4) is 0 Å². The molecule has 9 nitrogen and oxygen atoms in total. The molecule has 2 aliphatic heterocycles. The molecule has 2 aromatic rings. The van der Waals surface area contributed by atoms with Gasteiger partial charge in [0.2, 0.25) is 0 Å². The van der Waals surface area contributed by atoms with Crippen molar-refractivity contribution in [3.05, 3.63) is 52.5 Å². The van der Waals surface area contributed by atoms with Gasteiger partial charge in [0.15, 0.2) is 0 Å². The molecule has 0 radical (unpaired) electrons. The van der Waals surface area contributed by atoms with Crippen LogP contribution in [0.4, 0.5) is 26.3 Å². The lowest BCUT2D eigenvalue weighted by Crippen LogP contribution is -2.33. The fourth-order valence-corrected chi connectivity index (χ4v) is 4.32. The van der Waals surface area contributed by atoms with Crippen LogP contribution in [0.2, 0.25) is 0 Å². The quantitative estimate of drug-likeness (QED) is 0.539. The van der Waals surface area contributed by atoms with Gasteiger partial charge in [0.25, 0.3) is 5.91 Å². The van der Waals surface area contributed by atoms with Crippen LogP contribution in [-0.2, 0) is 20.9 Å². The van der Waals surface area contributed by atoms with Gasteiger partial charge in [0, 0.05) is 61.5 Å². The number of carboxylic acid groups (broad SMARTS) is 2. The normalized spacial score (nSPS) is 19.7. The van der Waals surface area contributed by atoms with Crippen molar-refractivity contribution in [2.75, 3.05) is 32.8 Å². The van der Waals surface area contributed by atoms with Crippen molar-refractivity contribution in [1.82, 2.24) is 14.8 Å². The van der Waals surface area contributed by atoms with Crippen LogP contribution in [0.3, 0.4) is 0 Å². The van der Waals surface area contributed by atoms with Gasteiger partial charge in [-0.15, -0.1) is 11.3 Å². The predicted octanol–water partition coefficient (Wildman–Crippen LogP) is 3.38. The number of halogens is 6. The summed E-state index contributed by atoms with van der Waals surface area (Å²) in [6.45, 7) is 5.13. The molecule has 0 aliphatic carbocycles. The SMILES string of the molecule is O=C(O)C(F)(F)F.O=C(O)C(F)(F)F.O=C(c1ccncc1)N1C[C@@H]2CN(Cc3cccs3)CCO[C@@H]2C1. The van der Waals surface area contributed by atoms with Gasteiger partial charge in [-0.3, -0.25) is 14.7 Å². The summed E-state index contributed by atoms with van der Waals surface area (Å²) < 4.78 is 69.5. The van der Waals surface area contributed by atoms with E-state index in [2.05, 4.69) is 27.4 Å². The number of rotatable bonds is 3. The Morgan fingerprint density at radius 1 is 0.974 bits per heavy atom. The van der Waals surface area contributed by atoms with Gasteiger partial charge in [-0.25, -0.2) is 9.59 Å². The van der Waals surface area contributed by atoms with Crippen molar-refractivity contribution in [1.29, 1.82) is 0 Å². The van der Waals surface area contributed by atoms with Crippen molar-refractivity contribution >= 4 is 29.2 Å². The Kier molecular flexibility index (Phi) is 11.0. The molecule has 2 aromatic heterocycles. The zero-order valence-corrected chi connectivity index (χ0v) is 20.3. The second kappa shape index (κ2) is 13.5. The number of carbonyl (C=O) groups excluding carboxylic acids is 1. The average molecular weight is 571 g/mol. The highest BCUT2D eigenvalue weighted by Gasteiger charge is 2.40. The summed E-state index contributed by atoms with van der Waals surface area (Å²) in [5.74, 6) is -5.04. The molecule has 0 saturated carbocycles. The van der Waals surface area contributed by atoms with E-state index in [1.807, 2.05) is 4.90 Å². The number of hydrogen-bond acceptors (Lipinski definition) is 7. The van der Waals surface area contributed by atoms with Gasteiger partial charge in [-0.2, -0.15) is 26.3 Å². The van der Waals surface area contributed by atoms with E-state index in [-0.39, 0.29) is 12.0 Å². The maximum absolute atomic E-state index is 12.6. The van der Waals surface area contributed by atoms with E-state index in [9.17, 15) is 31.1 Å². The first-order valence-corrected chi connectivity index (χ1v) is 11.7. The van der Waals surface area contributed by atoms with Crippen LogP contribution >= 0.6 is 11.3 Å². The first kappa shape index (κ1) is 31.0. The molecule has 2 N–H and O–H groups in total. The second-order valence-electron chi connectivity index (χ2n) is 8.04. The predicted molar refractivity (Wildman–Crippen MR) is 120 cm³/mol. The third-order valence-electron chi connectivity index (χ3n) is 5.27. The van der Waals surface area contributed by atoms with Gasteiger partial charge in [-0.1, -0.05) is 6.07 Å². The molecule has 4 rings (SSSR count). The minimum absolute atomic E-state index is 0.0823. The number of nitrogens with zero attached hydrogens (tertiary/aromatic N) is 3. The van der Waals surface area contributed by atoms with Crippen molar-refractivity contribution in [2.24, 2.45) is 5.92 Å². The largest absolute Gasteiger partial charge is 0.490 e. The van der Waals surface area contributed by atoms with E-state index in [0.717, 1.165) is 32.8 Å². The summed E-state index contributed by atoms with van der Waals surface area (Å²) in [6.07, 6.45) is -6.68. The van der Waals surface area contributed by atoms with E-state index >= 15 is 0 Å². The summed E-state index contributed by atoms with van der Waals surface area (Å²) in [7, 11) is 0. The van der Waals surface area contributed by atoms with Crippen molar-refractivity contribution in [2.45, 2.75) is 25.0 Å². The number of alkyl halides is 6. The number of aromatic nitrogens is 1. The molecule has 2 saturated heterocycles. The van der Waals surface area contributed by atoms with Crippen molar-refractivity contribution < 1.29 is 55.7 Å². The van der Waals surface area contributed by atoms with E-state index < -0.39 is 24.3 Å². The zero-order valence-electron chi connectivity index (χ0n) is 19.5. The highest BCUT2D eigenvalue weighted by Crippen LogP contribution is 2.26. The van der Waals surface area contributed by atoms with Crippen LogP contribution in [0, 0.1) is 5.92 Å². The summed E-state index contributed by atoms with van der Waals surface area (Å²) in [5.41, 5.74) is 0.705. The monoisotopic (exact) mass is 571 g/mol. The molecular formula is C22H23F6N3O6S. The number of carboxylic acids is 2. The van der Waals surface area contributed by atoms with E-state index in [1.54, 1.807) is 35.9 Å². The second-order valence-corrected chi connectivity index (χ2v) is 9.07. The number of amides is 1. The third kappa shape index (κ3) is 9.90. The molecule has 210 valence electrons. The third-order valence-corrected chi connectivity index (χ3v) is 6.13. The molecule has 0 spiro atoms. The number of likely N-dealkylation sites (tertiary alicyclic amines) is 1. The first-order chi connectivity index (χ1) is 17.7. The van der Waals surface area contributed by atoms with Gasteiger partial charge in [0.1, 0.15) is 0 Å². The molecular weight excluding hydrogens is 548 g/mol. The Balaban J connectivity index is 0.000000301. The Labute approximate surface area is 216 Å². The van der Waals surface area contributed by atoms with E-state index in [0.29, 0.717) is 18.0 Å². The molecule has 0 unspecified atom stereocenters. The Hall–Kier alpha value is -3.24. The maximum atomic E-state index is 12.6. The molecule has 38 heavy (non-hydrogen) atoms. The van der Waals surface area contributed by atoms with Gasteiger partial charge >= 0.3 is 24.3 Å². The van der Waals surface area contributed by atoms with Crippen LogP contribution in [0.25, 0.3) is 0 Å². The molecule has 2 atom stereocenters. The minimum atomic E-state index is -5.08. The highest BCUT2D eigenvalue weighted by atomic mass is 32.1. The lowest BCUT2D eigenvalue weighted by Gasteiger charge is -2.22. The fourth-order valence-electron chi connectivity index (χ4n) is 3.57. The summed E-state index contributed by atoms with van der Waals surface area (Å²) >= 11 is 1.80. The maximum Gasteiger partial charge on any atom is 0.490 e. The zero-order chi connectivity index (χ0) is 28.5. The Bertz CT molecular complexity index is 1030. The van der Waals surface area contributed by atoms with Crippen LogP contribution in [0.15, 0.2) is 42.0 Å². The average Bonchev–Trinajstić information content (AvgIpc) is 3.45. The van der Waals surface area contributed by atoms with E-state index in [4.69, 9.17) is 24.5 Å². The summed E-state index contributed by atoms with van der Waals surface area (Å²) in [6, 6.07) is 7.84. The number of carbonyl (C=O) groups is 3. The molecule has 2 fully saturated rings. The van der Waals surface area contributed by atoms with Gasteiger partial charge < -0.3 is 19.8 Å². The Morgan fingerprint density at radius 3 is 2.05 bits per heavy atom. The summed E-state index contributed by atoms with van der Waals surface area (Å²) in [4.78, 5) is 40.2. The van der Waals surface area contributed by atoms with Crippen LogP contribution in [0.1, 0.15) is 15.2 Å². The van der Waals surface area contributed by atoms with Crippen LogP contribution in [-0.4, -0.2) is 94.1 Å². The molecule has 0 bridgehead atoms. The fraction of sp³-hybridized carbons (Fsp3) is 0.455. The standard InChI is InChI=1S/C18H21N3O2S.2C2HF3O2/c22-18(14-3-5-19-6-4-14)21-11-15-10-20(7-8-23-17(15)13-21)12-16-2-1-9-24-16;2*3-2(4,5)1(6)7/h1-6,9,15,17H,7-8,10-13H2;2*(H,6,7)/t15-,17+;;/m0../s1.